The molecule has 0 bridgehead atoms. The van der Waals surface area contributed by atoms with E-state index < -0.39 is 0 Å². The van der Waals surface area contributed by atoms with E-state index >= 15 is 0 Å². The lowest BCUT2D eigenvalue weighted by Crippen LogP contribution is -1.99. The topological polar surface area (TPSA) is 61.7 Å². The zero-order valence-electron chi connectivity index (χ0n) is 21.7. The summed E-state index contributed by atoms with van der Waals surface area (Å²) in [6, 6.07) is 35.6. The van der Waals surface area contributed by atoms with E-state index in [4.69, 9.17) is 9.40 Å². The summed E-state index contributed by atoms with van der Waals surface area (Å²) in [7, 11) is 2.07. The molecule has 4 aromatic carbocycles. The van der Waals surface area contributed by atoms with Crippen molar-refractivity contribution in [3.63, 3.8) is 0 Å². The second-order valence-electron chi connectivity index (χ2n) is 9.85. The van der Waals surface area contributed by atoms with Gasteiger partial charge in [-0.15, -0.1) is 0 Å². The predicted octanol–water partition coefficient (Wildman–Crippen LogP) is 8.05. The molecule has 4 aromatic heterocycles. The van der Waals surface area contributed by atoms with Gasteiger partial charge in [0.2, 0.25) is 5.89 Å². The first-order valence-electron chi connectivity index (χ1n) is 13.2. The molecule has 0 unspecified atom stereocenters. The van der Waals surface area contributed by atoms with E-state index in [0.717, 1.165) is 56.0 Å². The number of fused-ring (bicyclic) bond motifs is 4. The fraction of sp³-hybridized carbons (Fsp3) is 0.0294. The van der Waals surface area contributed by atoms with Gasteiger partial charge in [-0.2, -0.15) is 0 Å². The van der Waals surface area contributed by atoms with Gasteiger partial charge >= 0.3 is 0 Å². The lowest BCUT2D eigenvalue weighted by atomic mass is 10.0. The van der Waals surface area contributed by atoms with E-state index in [1.165, 1.54) is 10.8 Å². The van der Waals surface area contributed by atoms with Gasteiger partial charge in [0.1, 0.15) is 12.1 Å². The largest absolute Gasteiger partial charge is 0.444 e. The standard InChI is InChI=1S/C34H23N5O/c1-38-30-12-5-3-10-28(30)37-33(38)23-14-15-25-24-8-2-4-11-29(24)39(31(25)21-23)32-20-22(27-9-6-7-17-35-27)13-16-26(32)34-36-18-19-40-34/h2-21H,1H3. The third kappa shape index (κ3) is 3.39. The van der Waals surface area contributed by atoms with Gasteiger partial charge in [0.15, 0.2) is 0 Å². The van der Waals surface area contributed by atoms with Crippen molar-refractivity contribution in [2.45, 2.75) is 0 Å². The maximum absolute atomic E-state index is 5.82. The van der Waals surface area contributed by atoms with Crippen LogP contribution in [-0.2, 0) is 7.05 Å². The number of para-hydroxylation sites is 3. The van der Waals surface area contributed by atoms with Crippen LogP contribution in [0.25, 0.3) is 72.6 Å². The van der Waals surface area contributed by atoms with Crippen LogP contribution in [0.15, 0.2) is 126 Å². The van der Waals surface area contributed by atoms with Gasteiger partial charge in [0.25, 0.3) is 0 Å². The summed E-state index contributed by atoms with van der Waals surface area (Å²) >= 11 is 0. The van der Waals surface area contributed by atoms with Crippen molar-refractivity contribution >= 4 is 32.8 Å². The Balaban J connectivity index is 1.45. The summed E-state index contributed by atoms with van der Waals surface area (Å²) in [5, 5.41) is 2.34. The van der Waals surface area contributed by atoms with E-state index in [9.17, 15) is 0 Å². The molecule has 0 radical (unpaired) electrons. The first-order chi connectivity index (χ1) is 19.8. The molecular formula is C34H23N5O. The van der Waals surface area contributed by atoms with Gasteiger partial charge < -0.3 is 13.6 Å². The van der Waals surface area contributed by atoms with Crippen molar-refractivity contribution in [2.75, 3.05) is 0 Å². The van der Waals surface area contributed by atoms with Crippen LogP contribution in [0.3, 0.4) is 0 Å². The van der Waals surface area contributed by atoms with Crippen LogP contribution in [0.5, 0.6) is 0 Å². The highest BCUT2D eigenvalue weighted by Crippen LogP contribution is 2.39. The first kappa shape index (κ1) is 22.5. The lowest BCUT2D eigenvalue weighted by Gasteiger charge is -2.14. The number of rotatable bonds is 4. The minimum absolute atomic E-state index is 0.569. The monoisotopic (exact) mass is 517 g/mol. The third-order valence-corrected chi connectivity index (χ3v) is 7.58. The number of aromatic nitrogens is 5. The Morgan fingerprint density at radius 3 is 2.27 bits per heavy atom. The maximum Gasteiger partial charge on any atom is 0.227 e. The molecule has 8 rings (SSSR count). The molecule has 0 aliphatic carbocycles. The van der Waals surface area contributed by atoms with Crippen LogP contribution >= 0.6 is 0 Å². The summed E-state index contributed by atoms with van der Waals surface area (Å²) in [6.45, 7) is 0. The van der Waals surface area contributed by atoms with Crippen LogP contribution in [0, 0.1) is 0 Å². The molecule has 4 heterocycles. The number of aryl methyl sites for hydroxylation is 1. The smallest absolute Gasteiger partial charge is 0.227 e. The second kappa shape index (κ2) is 8.78. The summed E-state index contributed by atoms with van der Waals surface area (Å²) in [5.74, 6) is 1.50. The molecule has 6 heteroatoms. The number of hydrogen-bond donors (Lipinski definition) is 0. The molecule has 0 fully saturated rings. The van der Waals surface area contributed by atoms with Gasteiger partial charge in [0, 0.05) is 35.1 Å². The van der Waals surface area contributed by atoms with Crippen molar-refractivity contribution in [3.8, 4) is 39.8 Å². The summed E-state index contributed by atoms with van der Waals surface area (Å²) < 4.78 is 10.3. The van der Waals surface area contributed by atoms with E-state index in [1.54, 1.807) is 12.5 Å². The molecule has 6 nitrogen and oxygen atoms in total. The average molecular weight is 518 g/mol. The Hall–Kier alpha value is -5.49. The number of imidazole rings is 1. The van der Waals surface area contributed by atoms with E-state index in [0.29, 0.717) is 5.89 Å². The highest BCUT2D eigenvalue weighted by atomic mass is 16.3. The molecule has 0 aliphatic rings. The summed E-state index contributed by atoms with van der Waals surface area (Å²) in [5.41, 5.74) is 9.12. The maximum atomic E-state index is 5.82. The minimum atomic E-state index is 0.569. The molecule has 0 amide bonds. The van der Waals surface area contributed by atoms with E-state index in [1.807, 2.05) is 36.5 Å². The number of hydrogen-bond acceptors (Lipinski definition) is 4. The zero-order valence-corrected chi connectivity index (χ0v) is 21.7. The van der Waals surface area contributed by atoms with Crippen LogP contribution in [-0.4, -0.2) is 24.1 Å². The average Bonchev–Trinajstić information content (AvgIpc) is 3.74. The number of nitrogens with zero attached hydrogens (tertiary/aromatic N) is 5. The Kier molecular flexibility index (Phi) is 4.94. The van der Waals surface area contributed by atoms with Gasteiger partial charge in [-0.3, -0.25) is 4.98 Å². The molecule has 0 spiro atoms. The first-order valence-corrected chi connectivity index (χ1v) is 13.2. The van der Waals surface area contributed by atoms with Gasteiger partial charge in [-0.05, 0) is 48.5 Å². The van der Waals surface area contributed by atoms with Crippen LogP contribution < -0.4 is 0 Å². The zero-order chi connectivity index (χ0) is 26.6. The van der Waals surface area contributed by atoms with Gasteiger partial charge in [0.05, 0.1) is 45.2 Å². The lowest BCUT2D eigenvalue weighted by molar-refractivity contribution is 0.574. The van der Waals surface area contributed by atoms with Crippen molar-refractivity contribution in [1.82, 2.24) is 24.1 Å². The fourth-order valence-corrected chi connectivity index (χ4v) is 5.72. The molecule has 0 N–H and O–H groups in total. The molecule has 0 saturated heterocycles. The Morgan fingerprint density at radius 2 is 1.45 bits per heavy atom. The normalized spacial score (nSPS) is 11.6. The summed E-state index contributed by atoms with van der Waals surface area (Å²) in [4.78, 5) is 14.1. The van der Waals surface area contributed by atoms with E-state index in [2.05, 4.69) is 98.9 Å². The van der Waals surface area contributed by atoms with Crippen LogP contribution in [0.2, 0.25) is 0 Å². The van der Waals surface area contributed by atoms with Crippen molar-refractivity contribution in [3.05, 3.63) is 122 Å². The van der Waals surface area contributed by atoms with Gasteiger partial charge in [-0.1, -0.05) is 54.6 Å². The molecule has 190 valence electrons. The number of benzene rings is 4. The molecule has 0 aliphatic heterocycles. The fourth-order valence-electron chi connectivity index (χ4n) is 5.72. The molecule has 0 atom stereocenters. The van der Waals surface area contributed by atoms with Crippen LogP contribution in [0.4, 0.5) is 0 Å². The molecule has 8 aromatic rings. The predicted molar refractivity (Wildman–Crippen MR) is 159 cm³/mol. The number of oxazole rings is 1. The Labute approximate surface area is 229 Å². The van der Waals surface area contributed by atoms with E-state index in [-0.39, 0.29) is 0 Å². The van der Waals surface area contributed by atoms with Crippen molar-refractivity contribution < 1.29 is 4.42 Å². The van der Waals surface area contributed by atoms with Gasteiger partial charge in [-0.25, -0.2) is 9.97 Å². The molecule has 0 saturated carbocycles. The highest BCUT2D eigenvalue weighted by Gasteiger charge is 2.20. The second-order valence-corrected chi connectivity index (χ2v) is 9.85. The SMILES string of the molecule is Cn1c(-c2ccc3c4ccccc4n(-c4cc(-c5ccccn5)ccc4-c4ncco4)c3c2)nc2ccccc21. The minimum Gasteiger partial charge on any atom is -0.444 e. The number of pyridine rings is 1. The quantitative estimate of drug-likeness (QED) is 0.237. The van der Waals surface area contributed by atoms with Crippen molar-refractivity contribution in [2.24, 2.45) is 7.05 Å². The molecular weight excluding hydrogens is 494 g/mol. The molecule has 40 heavy (non-hydrogen) atoms. The highest BCUT2D eigenvalue weighted by molar-refractivity contribution is 6.10. The van der Waals surface area contributed by atoms with Crippen LogP contribution in [0.1, 0.15) is 0 Å². The Morgan fingerprint density at radius 1 is 0.650 bits per heavy atom. The van der Waals surface area contributed by atoms with Crippen molar-refractivity contribution in [1.29, 1.82) is 0 Å². The Bertz CT molecular complexity index is 2170. The third-order valence-electron chi connectivity index (χ3n) is 7.58. The summed E-state index contributed by atoms with van der Waals surface area (Å²) in [6.07, 6.45) is 5.11.